The Morgan fingerprint density at radius 3 is 2.86 bits per heavy atom. The summed E-state index contributed by atoms with van der Waals surface area (Å²) in [4.78, 5) is 9.54. The van der Waals surface area contributed by atoms with E-state index in [2.05, 4.69) is 12.2 Å². The van der Waals surface area contributed by atoms with Crippen molar-refractivity contribution in [2.24, 2.45) is 0 Å². The lowest BCUT2D eigenvalue weighted by molar-refractivity contribution is -0.109. The molecule has 0 aromatic carbocycles. The second-order valence-corrected chi connectivity index (χ2v) is 1.28. The molecule has 0 aliphatic heterocycles. The maximum Gasteiger partial charge on any atom is 0.207 e. The van der Waals surface area contributed by atoms with Gasteiger partial charge in [-0.05, 0) is 6.42 Å². The third-order valence-corrected chi connectivity index (χ3v) is 0.619. The number of hydrogen-bond donors (Lipinski definition) is 1. The van der Waals surface area contributed by atoms with Crippen molar-refractivity contribution in [3.8, 4) is 0 Å². The molecule has 7 heavy (non-hydrogen) atoms. The van der Waals surface area contributed by atoms with Crippen molar-refractivity contribution in [3.05, 3.63) is 6.54 Å². The maximum atomic E-state index is 9.54. The fourth-order valence-electron chi connectivity index (χ4n) is 0.276. The van der Waals surface area contributed by atoms with E-state index in [0.717, 1.165) is 12.8 Å². The fraction of sp³-hybridized carbons (Fsp3) is 0.600. The average Bonchev–Trinajstić information content (AvgIpc) is 1.69. The van der Waals surface area contributed by atoms with Crippen molar-refractivity contribution in [1.29, 1.82) is 0 Å². The van der Waals surface area contributed by atoms with Crippen LogP contribution in [-0.4, -0.2) is 6.41 Å². The van der Waals surface area contributed by atoms with Gasteiger partial charge in [0.25, 0.3) is 0 Å². The highest BCUT2D eigenvalue weighted by Gasteiger charge is 1.77. The molecule has 1 amide bonds. The van der Waals surface area contributed by atoms with Crippen LogP contribution in [0.15, 0.2) is 0 Å². The second kappa shape index (κ2) is 5.47. The van der Waals surface area contributed by atoms with Gasteiger partial charge in [-0.1, -0.05) is 13.3 Å². The van der Waals surface area contributed by atoms with Gasteiger partial charge in [-0.25, -0.2) is 0 Å². The molecule has 0 heterocycles. The smallest absolute Gasteiger partial charge is 0.207 e. The summed E-state index contributed by atoms with van der Waals surface area (Å²) in [7, 11) is 0. The third kappa shape index (κ3) is 5.47. The molecule has 0 unspecified atom stereocenters. The summed E-state index contributed by atoms with van der Waals surface area (Å²) in [6.45, 7) is 3.80. The van der Waals surface area contributed by atoms with E-state index in [1.54, 1.807) is 6.54 Å². The van der Waals surface area contributed by atoms with Crippen LogP contribution >= 0.6 is 0 Å². The van der Waals surface area contributed by atoms with Crippen LogP contribution in [0.5, 0.6) is 0 Å². The Labute approximate surface area is 43.9 Å². The molecule has 0 saturated carbocycles. The van der Waals surface area contributed by atoms with Crippen molar-refractivity contribution >= 4 is 6.41 Å². The van der Waals surface area contributed by atoms with Gasteiger partial charge in [-0.3, -0.25) is 4.79 Å². The Hall–Kier alpha value is -0.530. The van der Waals surface area contributed by atoms with Crippen LogP contribution in [-0.2, 0) is 4.79 Å². The van der Waals surface area contributed by atoms with Crippen LogP contribution < -0.4 is 5.32 Å². The normalized spacial score (nSPS) is 8.14. The lowest BCUT2D eigenvalue weighted by Gasteiger charge is -1.89. The zero-order valence-electron chi connectivity index (χ0n) is 4.48. The number of rotatable bonds is 4. The van der Waals surface area contributed by atoms with Gasteiger partial charge in [-0.2, -0.15) is 0 Å². The molecule has 2 heteroatoms. The van der Waals surface area contributed by atoms with Crippen LogP contribution in [0.25, 0.3) is 0 Å². The molecule has 0 spiro atoms. The van der Waals surface area contributed by atoms with Crippen molar-refractivity contribution in [2.45, 2.75) is 19.8 Å². The average molecular weight is 100 g/mol. The molecule has 0 aromatic rings. The predicted octanol–water partition coefficient (Wildman–Crippen LogP) is 0.694. The van der Waals surface area contributed by atoms with Gasteiger partial charge < -0.3 is 5.32 Å². The minimum Gasteiger partial charge on any atom is -0.354 e. The summed E-state index contributed by atoms with van der Waals surface area (Å²) in [6, 6.07) is 0. The van der Waals surface area contributed by atoms with E-state index >= 15 is 0 Å². The lowest BCUT2D eigenvalue weighted by Crippen LogP contribution is -2.04. The molecule has 0 bridgehead atoms. The molecule has 0 saturated heterocycles. The number of unbranched alkanes of at least 4 members (excludes halogenated alkanes) is 1. The minimum atomic E-state index is 0.676. The highest BCUT2D eigenvalue weighted by atomic mass is 16.1. The number of nitrogens with one attached hydrogen (secondary N) is 1. The summed E-state index contributed by atoms with van der Waals surface area (Å²) in [5, 5.41) is 2.44. The highest BCUT2D eigenvalue weighted by molar-refractivity contribution is 5.46. The predicted molar refractivity (Wildman–Crippen MR) is 28.4 cm³/mol. The van der Waals surface area contributed by atoms with Crippen molar-refractivity contribution in [1.82, 2.24) is 5.32 Å². The molecule has 0 atom stereocenters. The van der Waals surface area contributed by atoms with Crippen LogP contribution in [0.4, 0.5) is 0 Å². The van der Waals surface area contributed by atoms with Crippen LogP contribution in [0.1, 0.15) is 19.8 Å². The number of hydrogen-bond acceptors (Lipinski definition) is 1. The molecule has 0 fully saturated rings. The SMILES string of the molecule is CCC[CH]NC=O. The lowest BCUT2D eigenvalue weighted by atomic mass is 10.3. The molecule has 2 nitrogen and oxygen atoms in total. The molecular formula is C5H10NO. The van der Waals surface area contributed by atoms with Gasteiger partial charge in [-0.15, -0.1) is 0 Å². The molecule has 0 rings (SSSR count). The van der Waals surface area contributed by atoms with Crippen LogP contribution in [0.3, 0.4) is 0 Å². The van der Waals surface area contributed by atoms with E-state index in [1.165, 1.54) is 0 Å². The Balaban J connectivity index is 2.56. The third-order valence-electron chi connectivity index (χ3n) is 0.619. The fourth-order valence-corrected chi connectivity index (χ4v) is 0.276. The monoisotopic (exact) mass is 100 g/mol. The summed E-state index contributed by atoms with van der Waals surface area (Å²) in [5.41, 5.74) is 0. The van der Waals surface area contributed by atoms with E-state index < -0.39 is 0 Å². The molecule has 0 aliphatic rings. The van der Waals surface area contributed by atoms with Crippen molar-refractivity contribution < 1.29 is 4.79 Å². The maximum absolute atomic E-state index is 9.54. The first kappa shape index (κ1) is 6.47. The quantitative estimate of drug-likeness (QED) is 0.409. The van der Waals surface area contributed by atoms with Crippen molar-refractivity contribution in [2.75, 3.05) is 0 Å². The van der Waals surface area contributed by atoms with Gasteiger partial charge in [0.2, 0.25) is 6.41 Å². The van der Waals surface area contributed by atoms with Crippen LogP contribution in [0.2, 0.25) is 0 Å². The Kier molecular flexibility index (Phi) is 5.06. The van der Waals surface area contributed by atoms with E-state index in [-0.39, 0.29) is 0 Å². The minimum absolute atomic E-state index is 0.676. The van der Waals surface area contributed by atoms with E-state index in [1.807, 2.05) is 0 Å². The molecule has 0 aromatic heterocycles. The second-order valence-electron chi connectivity index (χ2n) is 1.28. The molecule has 0 aliphatic carbocycles. The van der Waals surface area contributed by atoms with Gasteiger partial charge >= 0.3 is 0 Å². The Bertz CT molecular complexity index is 45.3. The van der Waals surface area contributed by atoms with E-state index in [4.69, 9.17) is 0 Å². The highest BCUT2D eigenvalue weighted by Crippen LogP contribution is 1.84. The Morgan fingerprint density at radius 2 is 2.43 bits per heavy atom. The number of amides is 1. The first-order chi connectivity index (χ1) is 3.41. The molecule has 1 N–H and O–H groups in total. The summed E-state index contributed by atoms with van der Waals surface area (Å²) >= 11 is 0. The standard InChI is InChI=1S/C5H10NO/c1-2-3-4-6-5-7/h4-5H,2-3H2,1H3,(H,6,7). The topological polar surface area (TPSA) is 29.1 Å². The summed E-state index contributed by atoms with van der Waals surface area (Å²) < 4.78 is 0. The Morgan fingerprint density at radius 1 is 1.71 bits per heavy atom. The largest absolute Gasteiger partial charge is 0.354 e. The zero-order valence-corrected chi connectivity index (χ0v) is 4.48. The van der Waals surface area contributed by atoms with E-state index in [0.29, 0.717) is 6.41 Å². The molecule has 41 valence electrons. The van der Waals surface area contributed by atoms with Gasteiger partial charge in [0.1, 0.15) is 0 Å². The summed E-state index contributed by atoms with van der Waals surface area (Å²) in [6.07, 6.45) is 2.72. The van der Waals surface area contributed by atoms with Gasteiger partial charge in [0.15, 0.2) is 0 Å². The van der Waals surface area contributed by atoms with Crippen molar-refractivity contribution in [3.63, 3.8) is 0 Å². The number of carbonyl (C=O) groups is 1. The first-order valence-electron chi connectivity index (χ1n) is 2.43. The zero-order chi connectivity index (χ0) is 5.54. The van der Waals surface area contributed by atoms with Crippen LogP contribution in [0, 0.1) is 6.54 Å². The van der Waals surface area contributed by atoms with Gasteiger partial charge in [0.05, 0.1) is 0 Å². The molecular weight excluding hydrogens is 90.1 g/mol. The van der Waals surface area contributed by atoms with E-state index in [9.17, 15) is 4.79 Å². The van der Waals surface area contributed by atoms with Gasteiger partial charge in [0, 0.05) is 6.54 Å². The number of carbonyl (C=O) groups excluding carboxylic acids is 1. The first-order valence-corrected chi connectivity index (χ1v) is 2.43. The summed E-state index contributed by atoms with van der Waals surface area (Å²) in [5.74, 6) is 0. The molecule has 1 radical (unpaired) electrons.